The van der Waals surface area contributed by atoms with Gasteiger partial charge in [-0.3, -0.25) is 4.79 Å². The van der Waals surface area contributed by atoms with Crippen LogP contribution in [0.4, 0.5) is 35.5 Å². The molecule has 14 heteroatoms. The van der Waals surface area contributed by atoms with Gasteiger partial charge in [0.2, 0.25) is 5.91 Å². The second-order valence-corrected chi connectivity index (χ2v) is 10.1. The van der Waals surface area contributed by atoms with E-state index in [4.69, 9.17) is 0 Å². The standard InChI is InChI=1S/C27H31F7N4O2.ClH/c1-16-9-20(28)5-6-22(16)23-13-21(7-8-37(23)25(40)35-2)38(24(39)15-36(3)4)14-17-10-18(26(29,30)31)12-19(11-17)27(32,33)34;/h5-6,9-12,21,23H,7-8,13-15H2,1-4H3,(H,35,40);1H. The third kappa shape index (κ3) is 8.48. The van der Waals surface area contributed by atoms with Gasteiger partial charge in [-0.15, -0.1) is 12.4 Å². The molecule has 1 aliphatic rings. The molecule has 0 radical (unpaired) electrons. The molecule has 1 heterocycles. The summed E-state index contributed by atoms with van der Waals surface area (Å²) in [6, 6.07) is 3.69. The molecule has 2 aromatic carbocycles. The van der Waals surface area contributed by atoms with E-state index in [0.717, 1.165) is 0 Å². The van der Waals surface area contributed by atoms with Crippen molar-refractivity contribution in [3.63, 3.8) is 0 Å². The van der Waals surface area contributed by atoms with Gasteiger partial charge in [0.05, 0.1) is 23.7 Å². The molecule has 41 heavy (non-hydrogen) atoms. The number of likely N-dealkylation sites (tertiary alicyclic amines) is 1. The first-order chi connectivity index (χ1) is 18.5. The van der Waals surface area contributed by atoms with Gasteiger partial charge in [-0.05, 0) is 80.9 Å². The van der Waals surface area contributed by atoms with Crippen LogP contribution in [0.2, 0.25) is 0 Å². The fourth-order valence-electron chi connectivity index (χ4n) is 5.01. The third-order valence-corrected chi connectivity index (χ3v) is 6.85. The Hall–Kier alpha value is -3.06. The highest BCUT2D eigenvalue weighted by Crippen LogP contribution is 2.38. The van der Waals surface area contributed by atoms with Crippen molar-refractivity contribution in [2.24, 2.45) is 0 Å². The van der Waals surface area contributed by atoms with Gasteiger partial charge >= 0.3 is 18.4 Å². The minimum absolute atomic E-state index is 0. The highest BCUT2D eigenvalue weighted by Gasteiger charge is 2.39. The molecule has 0 bridgehead atoms. The highest BCUT2D eigenvalue weighted by molar-refractivity contribution is 5.85. The number of likely N-dealkylation sites (N-methyl/N-ethyl adjacent to an activating group) is 1. The van der Waals surface area contributed by atoms with Gasteiger partial charge in [-0.25, -0.2) is 9.18 Å². The number of benzene rings is 2. The van der Waals surface area contributed by atoms with E-state index in [2.05, 4.69) is 5.32 Å². The Bertz CT molecular complexity index is 1200. The first-order valence-corrected chi connectivity index (χ1v) is 12.5. The summed E-state index contributed by atoms with van der Waals surface area (Å²) < 4.78 is 94.8. The van der Waals surface area contributed by atoms with Crippen molar-refractivity contribution in [3.05, 3.63) is 70.0 Å². The van der Waals surface area contributed by atoms with E-state index < -0.39 is 59.9 Å². The summed E-state index contributed by atoms with van der Waals surface area (Å²) >= 11 is 0. The fraction of sp³-hybridized carbons (Fsp3) is 0.481. The Morgan fingerprint density at radius 3 is 2.07 bits per heavy atom. The van der Waals surface area contributed by atoms with Crippen molar-refractivity contribution in [1.29, 1.82) is 0 Å². The monoisotopic (exact) mass is 612 g/mol. The number of urea groups is 1. The maximum atomic E-state index is 13.8. The number of carbonyl (C=O) groups is 2. The number of rotatable bonds is 6. The average molecular weight is 613 g/mol. The van der Waals surface area contributed by atoms with Gasteiger partial charge in [0.25, 0.3) is 0 Å². The summed E-state index contributed by atoms with van der Waals surface area (Å²) in [4.78, 5) is 30.4. The van der Waals surface area contributed by atoms with Crippen LogP contribution in [0.25, 0.3) is 0 Å². The van der Waals surface area contributed by atoms with Crippen LogP contribution in [0.3, 0.4) is 0 Å². The predicted molar refractivity (Wildman–Crippen MR) is 141 cm³/mol. The summed E-state index contributed by atoms with van der Waals surface area (Å²) in [6.07, 6.45) is -9.68. The zero-order valence-corrected chi connectivity index (χ0v) is 23.7. The molecule has 1 N–H and O–H groups in total. The van der Waals surface area contributed by atoms with Crippen molar-refractivity contribution in [3.8, 4) is 0 Å². The summed E-state index contributed by atoms with van der Waals surface area (Å²) in [5.74, 6) is -0.975. The lowest BCUT2D eigenvalue weighted by atomic mass is 9.88. The molecule has 0 saturated carbocycles. The Kier molecular flexibility index (Phi) is 11.1. The number of hydrogen-bond acceptors (Lipinski definition) is 3. The number of amides is 3. The second-order valence-electron chi connectivity index (χ2n) is 10.1. The summed E-state index contributed by atoms with van der Waals surface area (Å²) in [5.41, 5.74) is -2.08. The number of halogens is 8. The van der Waals surface area contributed by atoms with Gasteiger partial charge < -0.3 is 20.0 Å². The van der Waals surface area contributed by atoms with E-state index in [9.17, 15) is 40.3 Å². The lowest BCUT2D eigenvalue weighted by Gasteiger charge is -2.44. The van der Waals surface area contributed by atoms with Crippen LogP contribution in [0.15, 0.2) is 36.4 Å². The van der Waals surface area contributed by atoms with E-state index in [0.29, 0.717) is 23.3 Å². The molecule has 1 aliphatic heterocycles. The predicted octanol–water partition coefficient (Wildman–Crippen LogP) is 6.03. The first-order valence-electron chi connectivity index (χ1n) is 12.5. The zero-order chi connectivity index (χ0) is 30.0. The smallest absolute Gasteiger partial charge is 0.341 e. The summed E-state index contributed by atoms with van der Waals surface area (Å²) in [6.45, 7) is 1.18. The van der Waals surface area contributed by atoms with Crippen molar-refractivity contribution in [2.45, 2.75) is 50.7 Å². The van der Waals surface area contributed by atoms with E-state index in [1.165, 1.54) is 35.0 Å². The number of nitrogens with zero attached hydrogens (tertiary/aromatic N) is 3. The molecule has 3 rings (SSSR count). The molecule has 228 valence electrons. The quantitative estimate of drug-likeness (QED) is 0.406. The number of alkyl halides is 6. The lowest BCUT2D eigenvalue weighted by molar-refractivity contribution is -0.143. The molecule has 0 spiro atoms. The zero-order valence-electron chi connectivity index (χ0n) is 22.9. The molecular weight excluding hydrogens is 581 g/mol. The van der Waals surface area contributed by atoms with Gasteiger partial charge in [0.1, 0.15) is 5.82 Å². The normalized spacial score (nSPS) is 17.7. The molecule has 2 aromatic rings. The molecule has 2 atom stereocenters. The minimum atomic E-state index is -5.03. The molecule has 1 saturated heterocycles. The van der Waals surface area contributed by atoms with Crippen LogP contribution in [-0.4, -0.2) is 66.9 Å². The van der Waals surface area contributed by atoms with Gasteiger partial charge in [-0.1, -0.05) is 6.07 Å². The maximum Gasteiger partial charge on any atom is 0.416 e. The van der Waals surface area contributed by atoms with Crippen LogP contribution in [-0.2, 0) is 23.7 Å². The third-order valence-electron chi connectivity index (χ3n) is 6.85. The maximum absolute atomic E-state index is 13.8. The van der Waals surface area contributed by atoms with Crippen LogP contribution < -0.4 is 5.32 Å². The van der Waals surface area contributed by atoms with Crippen molar-refractivity contribution >= 4 is 24.3 Å². The molecule has 6 nitrogen and oxygen atoms in total. The Balaban J connectivity index is 0.00000588. The van der Waals surface area contributed by atoms with Crippen LogP contribution in [0.5, 0.6) is 0 Å². The van der Waals surface area contributed by atoms with Crippen molar-refractivity contribution in [1.82, 2.24) is 20.0 Å². The van der Waals surface area contributed by atoms with Gasteiger partial charge in [-0.2, -0.15) is 26.3 Å². The van der Waals surface area contributed by atoms with E-state index in [-0.39, 0.29) is 50.0 Å². The molecule has 0 aliphatic carbocycles. The number of piperidine rings is 1. The molecule has 1 fully saturated rings. The van der Waals surface area contributed by atoms with Gasteiger partial charge in [0.15, 0.2) is 0 Å². The minimum Gasteiger partial charge on any atom is -0.341 e. The largest absolute Gasteiger partial charge is 0.416 e. The number of aryl methyl sites for hydroxylation is 1. The molecule has 3 amide bonds. The summed E-state index contributed by atoms with van der Waals surface area (Å²) in [7, 11) is 4.67. The van der Waals surface area contributed by atoms with Gasteiger partial charge in [0, 0.05) is 26.2 Å². The van der Waals surface area contributed by atoms with Crippen molar-refractivity contribution in [2.75, 3.05) is 34.2 Å². The van der Waals surface area contributed by atoms with Crippen LogP contribution >= 0.6 is 12.4 Å². The first kappa shape index (κ1) is 34.1. The molecular formula is C27H32ClF7N4O2. The second kappa shape index (κ2) is 13.3. The van der Waals surface area contributed by atoms with Crippen LogP contribution in [0, 0.1) is 12.7 Å². The Morgan fingerprint density at radius 2 is 1.59 bits per heavy atom. The fourth-order valence-corrected chi connectivity index (χ4v) is 5.01. The van der Waals surface area contributed by atoms with Crippen LogP contribution in [0.1, 0.15) is 46.7 Å². The van der Waals surface area contributed by atoms with E-state index in [1.54, 1.807) is 25.9 Å². The highest BCUT2D eigenvalue weighted by atomic mass is 35.5. The van der Waals surface area contributed by atoms with E-state index in [1.807, 2.05) is 0 Å². The number of carbonyl (C=O) groups excluding carboxylic acids is 2. The SMILES string of the molecule is CNC(=O)N1CCC(N(Cc2cc(C(F)(F)F)cc(C(F)(F)F)c2)C(=O)CN(C)C)CC1c1ccc(F)cc1C.Cl. The Morgan fingerprint density at radius 1 is 1.00 bits per heavy atom. The molecule has 0 aromatic heterocycles. The average Bonchev–Trinajstić information content (AvgIpc) is 2.85. The number of nitrogens with one attached hydrogen (secondary N) is 1. The molecule has 2 unspecified atom stereocenters. The number of hydrogen-bond donors (Lipinski definition) is 1. The van der Waals surface area contributed by atoms with Crippen molar-refractivity contribution < 1.29 is 40.3 Å². The topological polar surface area (TPSA) is 55.9 Å². The summed E-state index contributed by atoms with van der Waals surface area (Å²) in [5, 5.41) is 2.55. The lowest BCUT2D eigenvalue weighted by Crippen LogP contribution is -2.52. The van der Waals surface area contributed by atoms with E-state index >= 15 is 0 Å². The Labute approximate surface area is 239 Å².